The summed E-state index contributed by atoms with van der Waals surface area (Å²) in [7, 11) is 0. The van der Waals surface area contributed by atoms with Gasteiger partial charge < -0.3 is 5.11 Å². The summed E-state index contributed by atoms with van der Waals surface area (Å²) in [6.45, 7) is 12.6. The van der Waals surface area contributed by atoms with E-state index in [4.69, 9.17) is 5.84 Å². The number of hydrogen-bond acceptors (Lipinski definition) is 3. The predicted octanol–water partition coefficient (Wildman–Crippen LogP) is 3.30. The summed E-state index contributed by atoms with van der Waals surface area (Å²) in [5.41, 5.74) is 4.54. The lowest BCUT2D eigenvalue weighted by Crippen LogP contribution is -2.31. The average Bonchev–Trinajstić information content (AvgIpc) is 2.48. The number of carbonyl (C=O) groups is 1. The molecule has 0 heterocycles. The smallest absolute Gasteiger partial charge is 0.238 e. The Hall–Kier alpha value is -1.55. The van der Waals surface area contributed by atoms with Gasteiger partial charge in [-0.25, -0.2) is 5.84 Å². The van der Waals surface area contributed by atoms with Crippen LogP contribution in [-0.2, 0) is 22.0 Å². The van der Waals surface area contributed by atoms with E-state index in [0.29, 0.717) is 5.75 Å². The Morgan fingerprint density at radius 1 is 1.09 bits per heavy atom. The van der Waals surface area contributed by atoms with Crippen LogP contribution < -0.4 is 11.3 Å². The van der Waals surface area contributed by atoms with Crippen molar-refractivity contribution in [1.29, 1.82) is 0 Å². The number of hydrazine groups is 1. The van der Waals surface area contributed by atoms with Crippen LogP contribution >= 0.6 is 0 Å². The summed E-state index contributed by atoms with van der Waals surface area (Å²) in [5, 5.41) is 10.8. The normalized spacial score (nSPS) is 12.3. The molecule has 124 valence electrons. The Balaban J connectivity index is 3.54. The molecule has 1 rings (SSSR count). The zero-order chi connectivity index (χ0) is 17.1. The minimum Gasteiger partial charge on any atom is -0.507 e. The van der Waals surface area contributed by atoms with Gasteiger partial charge >= 0.3 is 0 Å². The molecule has 0 spiro atoms. The van der Waals surface area contributed by atoms with Crippen molar-refractivity contribution in [3.63, 3.8) is 0 Å². The van der Waals surface area contributed by atoms with E-state index < -0.39 is 0 Å². The first-order valence-corrected chi connectivity index (χ1v) is 7.95. The van der Waals surface area contributed by atoms with Crippen molar-refractivity contribution in [3.8, 4) is 5.75 Å². The Morgan fingerprint density at radius 3 is 1.82 bits per heavy atom. The van der Waals surface area contributed by atoms with Gasteiger partial charge in [0.05, 0.1) is 6.42 Å². The van der Waals surface area contributed by atoms with Gasteiger partial charge in [-0.1, -0.05) is 53.7 Å². The second-order valence-corrected chi connectivity index (χ2v) is 7.26. The molecule has 0 fully saturated rings. The van der Waals surface area contributed by atoms with Crippen LogP contribution in [0.3, 0.4) is 0 Å². The summed E-state index contributed by atoms with van der Waals surface area (Å²) in [6.07, 6.45) is 2.02. The lowest BCUT2D eigenvalue weighted by molar-refractivity contribution is -0.120. The number of amides is 1. The molecule has 1 aromatic rings. The minimum absolute atomic E-state index is 0.155. The molecule has 0 unspecified atom stereocenters. The van der Waals surface area contributed by atoms with Gasteiger partial charge in [-0.15, -0.1) is 0 Å². The lowest BCUT2D eigenvalue weighted by atomic mass is 9.74. The molecule has 0 bridgehead atoms. The molecule has 0 aliphatic rings. The van der Waals surface area contributed by atoms with Gasteiger partial charge in [-0.3, -0.25) is 10.2 Å². The van der Waals surface area contributed by atoms with Gasteiger partial charge in [0.2, 0.25) is 5.91 Å². The number of phenolic OH excluding ortho intramolecular Hbond substituents is 1. The second kappa shape index (κ2) is 6.69. The van der Waals surface area contributed by atoms with Crippen molar-refractivity contribution in [3.05, 3.63) is 28.8 Å². The molecular weight excluding hydrogens is 276 g/mol. The number of aromatic hydroxyl groups is 1. The fourth-order valence-electron chi connectivity index (χ4n) is 2.45. The summed E-state index contributed by atoms with van der Waals surface area (Å²) in [4.78, 5) is 11.6. The third-order valence-corrected chi connectivity index (χ3v) is 4.92. The maximum Gasteiger partial charge on any atom is 0.238 e. The summed E-state index contributed by atoms with van der Waals surface area (Å²) in [5.74, 6) is 5.33. The molecule has 0 saturated carbocycles. The van der Waals surface area contributed by atoms with Crippen molar-refractivity contribution < 1.29 is 9.90 Å². The molecule has 0 saturated heterocycles. The SMILES string of the molecule is CCC(C)(C)c1cc(CC(=O)NN)cc(C(C)(C)CC)c1O. The molecule has 0 aliphatic heterocycles. The number of hydrogen-bond donors (Lipinski definition) is 3. The second-order valence-electron chi connectivity index (χ2n) is 7.26. The molecule has 1 aromatic carbocycles. The van der Waals surface area contributed by atoms with Gasteiger partial charge in [0.25, 0.3) is 0 Å². The molecule has 1 amide bonds. The van der Waals surface area contributed by atoms with Gasteiger partial charge in [-0.2, -0.15) is 0 Å². The number of carbonyl (C=O) groups excluding carboxylic acids is 1. The highest BCUT2D eigenvalue weighted by atomic mass is 16.3. The molecule has 22 heavy (non-hydrogen) atoms. The molecule has 0 atom stereocenters. The third kappa shape index (κ3) is 3.80. The van der Waals surface area contributed by atoms with Gasteiger partial charge in [-0.05, 0) is 29.2 Å². The zero-order valence-electron chi connectivity index (χ0n) is 14.7. The molecular formula is C18H30N2O2. The van der Waals surface area contributed by atoms with E-state index in [0.717, 1.165) is 29.5 Å². The fourth-order valence-corrected chi connectivity index (χ4v) is 2.45. The van der Waals surface area contributed by atoms with E-state index in [9.17, 15) is 9.90 Å². The van der Waals surface area contributed by atoms with Crippen LogP contribution in [0.25, 0.3) is 0 Å². The van der Waals surface area contributed by atoms with E-state index in [1.165, 1.54) is 0 Å². The van der Waals surface area contributed by atoms with E-state index in [2.05, 4.69) is 47.0 Å². The van der Waals surface area contributed by atoms with Crippen LogP contribution in [0.5, 0.6) is 5.75 Å². The maximum absolute atomic E-state index is 11.6. The van der Waals surface area contributed by atoms with Gasteiger partial charge in [0, 0.05) is 11.1 Å². The van der Waals surface area contributed by atoms with E-state index in [1.54, 1.807) is 0 Å². The largest absolute Gasteiger partial charge is 0.507 e. The van der Waals surface area contributed by atoms with Crippen LogP contribution in [0, 0.1) is 0 Å². The maximum atomic E-state index is 11.6. The number of rotatable bonds is 6. The third-order valence-electron chi connectivity index (χ3n) is 4.92. The summed E-state index contributed by atoms with van der Waals surface area (Å²) >= 11 is 0. The van der Waals surface area contributed by atoms with Crippen LogP contribution in [0.2, 0.25) is 0 Å². The average molecular weight is 306 g/mol. The van der Waals surface area contributed by atoms with Crippen molar-refractivity contribution in [2.24, 2.45) is 5.84 Å². The molecule has 4 nitrogen and oxygen atoms in total. The van der Waals surface area contributed by atoms with E-state index in [1.807, 2.05) is 12.1 Å². The first-order valence-electron chi connectivity index (χ1n) is 7.95. The van der Waals surface area contributed by atoms with Crippen LogP contribution in [0.4, 0.5) is 0 Å². The highest BCUT2D eigenvalue weighted by molar-refractivity contribution is 5.78. The highest BCUT2D eigenvalue weighted by Gasteiger charge is 2.29. The van der Waals surface area contributed by atoms with Gasteiger partial charge in [0.15, 0.2) is 0 Å². The Labute approximate surface area is 134 Å². The molecule has 4 heteroatoms. The molecule has 4 N–H and O–H groups in total. The number of phenols is 1. The number of nitrogens with one attached hydrogen (secondary N) is 1. The van der Waals surface area contributed by atoms with Crippen molar-refractivity contribution in [1.82, 2.24) is 5.43 Å². The summed E-state index contributed by atoms with van der Waals surface area (Å²) in [6, 6.07) is 3.87. The lowest BCUT2D eigenvalue weighted by Gasteiger charge is -2.31. The highest BCUT2D eigenvalue weighted by Crippen LogP contribution is 2.42. The van der Waals surface area contributed by atoms with Crippen molar-refractivity contribution in [2.45, 2.75) is 71.6 Å². The van der Waals surface area contributed by atoms with Crippen LogP contribution in [0.1, 0.15) is 71.1 Å². The van der Waals surface area contributed by atoms with E-state index in [-0.39, 0.29) is 23.2 Å². The predicted molar refractivity (Wildman–Crippen MR) is 90.8 cm³/mol. The summed E-state index contributed by atoms with van der Waals surface area (Å²) < 4.78 is 0. The standard InChI is InChI=1S/C18H30N2O2/c1-7-17(3,4)13-9-12(11-15(21)20-19)10-14(16(13)22)18(5,6)8-2/h9-10,22H,7-8,11,19H2,1-6H3,(H,20,21). The fraction of sp³-hybridized carbons (Fsp3) is 0.611. The van der Waals surface area contributed by atoms with Crippen LogP contribution in [-0.4, -0.2) is 11.0 Å². The zero-order valence-corrected chi connectivity index (χ0v) is 14.7. The number of nitrogens with two attached hydrogens (primary N) is 1. The Bertz CT molecular complexity index is 511. The quantitative estimate of drug-likeness (QED) is 0.429. The van der Waals surface area contributed by atoms with Crippen molar-refractivity contribution in [2.75, 3.05) is 0 Å². The van der Waals surface area contributed by atoms with Gasteiger partial charge in [0.1, 0.15) is 5.75 Å². The first-order chi connectivity index (χ1) is 10.1. The molecule has 0 radical (unpaired) electrons. The monoisotopic (exact) mass is 306 g/mol. The van der Waals surface area contributed by atoms with E-state index >= 15 is 0 Å². The Kier molecular flexibility index (Phi) is 5.63. The topological polar surface area (TPSA) is 75.4 Å². The van der Waals surface area contributed by atoms with Crippen molar-refractivity contribution >= 4 is 5.91 Å². The Morgan fingerprint density at radius 2 is 1.50 bits per heavy atom. The minimum atomic E-state index is -0.230. The molecule has 0 aliphatic carbocycles. The van der Waals surface area contributed by atoms with Crippen LogP contribution in [0.15, 0.2) is 12.1 Å². The first kappa shape index (κ1) is 18.5. The number of benzene rings is 1. The molecule has 0 aromatic heterocycles.